The summed E-state index contributed by atoms with van der Waals surface area (Å²) in [4.78, 5) is 52.7. The molecule has 3 saturated heterocycles. The van der Waals surface area contributed by atoms with Crippen molar-refractivity contribution >= 4 is 63.4 Å². The van der Waals surface area contributed by atoms with Gasteiger partial charge in [0.15, 0.2) is 45.6 Å². The molecule has 3 aliphatic heterocycles. The fourth-order valence-corrected chi connectivity index (χ4v) is 8.50. The molecule has 5 N–H and O–H groups in total. The molecule has 0 spiro atoms. The Morgan fingerprint density at radius 2 is 1.05 bits per heavy atom. The van der Waals surface area contributed by atoms with Gasteiger partial charge in [-0.25, -0.2) is 49.8 Å². The van der Waals surface area contributed by atoms with Crippen molar-refractivity contribution in [2.45, 2.75) is 64.7 Å². The number of aromatic nitrogens is 12. The van der Waals surface area contributed by atoms with Gasteiger partial charge in [0.25, 0.3) is 0 Å². The Balaban J connectivity index is 0.000000150. The third-order valence-electron chi connectivity index (χ3n) is 11.7. The lowest BCUT2D eigenvalue weighted by Crippen LogP contribution is -2.55. The lowest BCUT2D eigenvalue weighted by atomic mass is 10.1. The molecule has 320 valence electrons. The topological polar surface area (TPSA) is 231 Å². The van der Waals surface area contributed by atoms with E-state index in [1.54, 1.807) is 24.8 Å². The molecule has 2 atom stereocenters. The number of nitrogens with two attached hydrogens (primary N) is 2. The fraction of sp³-hybridized carbons (Fsp3) is 0.550. The van der Waals surface area contributed by atoms with Crippen LogP contribution in [-0.4, -0.2) is 137 Å². The van der Waals surface area contributed by atoms with Gasteiger partial charge in [-0.3, -0.25) is 9.13 Å². The van der Waals surface area contributed by atoms with Crippen molar-refractivity contribution in [1.29, 1.82) is 0 Å². The van der Waals surface area contributed by atoms with Gasteiger partial charge in [0.2, 0.25) is 23.1 Å². The van der Waals surface area contributed by atoms with E-state index in [9.17, 15) is 0 Å². The van der Waals surface area contributed by atoms with Crippen LogP contribution in [0.15, 0.2) is 24.8 Å². The number of halogens is 1. The number of piperazine rings is 1. The van der Waals surface area contributed by atoms with E-state index in [0.717, 1.165) is 97.8 Å². The Bertz CT molecular complexity index is 2480. The minimum Gasteiger partial charge on any atom is -0.378 e. The summed E-state index contributed by atoms with van der Waals surface area (Å²) in [5.74, 6) is 5.54. The van der Waals surface area contributed by atoms with Gasteiger partial charge in [-0.2, -0.15) is 0 Å². The van der Waals surface area contributed by atoms with E-state index in [-0.39, 0.29) is 11.9 Å². The first-order valence-corrected chi connectivity index (χ1v) is 21.7. The maximum atomic E-state index is 6.47. The third-order valence-corrected chi connectivity index (χ3v) is 12.0. The van der Waals surface area contributed by atoms with Crippen LogP contribution in [0.5, 0.6) is 0 Å². The maximum absolute atomic E-state index is 6.47. The highest BCUT2D eigenvalue weighted by atomic mass is 35.5. The van der Waals surface area contributed by atoms with E-state index in [4.69, 9.17) is 57.5 Å². The molecule has 20 nitrogen and oxygen atoms in total. The number of rotatable bonds is 9. The molecule has 5 fully saturated rings. The van der Waals surface area contributed by atoms with Crippen LogP contribution < -0.4 is 31.5 Å². The Hall–Kier alpha value is -5.57. The normalized spacial score (nSPS) is 20.9. The lowest BCUT2D eigenvalue weighted by molar-refractivity contribution is 0.122. The second-order valence-corrected chi connectivity index (χ2v) is 17.1. The van der Waals surface area contributed by atoms with Crippen LogP contribution in [0.25, 0.3) is 45.1 Å². The molecule has 11 rings (SSSR count). The van der Waals surface area contributed by atoms with Crippen molar-refractivity contribution in [1.82, 2.24) is 64.3 Å². The minimum atomic E-state index is 0.218. The number of ether oxygens (including phenoxy) is 2. The summed E-state index contributed by atoms with van der Waals surface area (Å²) >= 11 is 6.47. The predicted octanol–water partition coefficient (Wildman–Crippen LogP) is 3.06. The number of morpholine rings is 2. The predicted molar refractivity (Wildman–Crippen MR) is 232 cm³/mol. The van der Waals surface area contributed by atoms with E-state index in [2.05, 4.69) is 63.4 Å². The number of hydrogen-bond donors (Lipinski definition) is 3. The number of fused-ring (bicyclic) bond motifs is 2. The monoisotopic (exact) mass is 850 g/mol. The van der Waals surface area contributed by atoms with Crippen LogP contribution in [0, 0.1) is 11.8 Å². The first-order chi connectivity index (χ1) is 29.7. The first-order valence-electron chi connectivity index (χ1n) is 21.3. The summed E-state index contributed by atoms with van der Waals surface area (Å²) in [5.41, 5.74) is 16.0. The summed E-state index contributed by atoms with van der Waals surface area (Å²) in [7, 11) is 0. The zero-order valence-electron chi connectivity index (χ0n) is 34.5. The van der Waals surface area contributed by atoms with E-state index < -0.39 is 0 Å². The summed E-state index contributed by atoms with van der Waals surface area (Å²) in [6.45, 7) is 13.7. The van der Waals surface area contributed by atoms with Crippen molar-refractivity contribution in [2.75, 3.05) is 91.9 Å². The minimum absolute atomic E-state index is 0.218. The molecule has 61 heavy (non-hydrogen) atoms. The van der Waals surface area contributed by atoms with Crippen molar-refractivity contribution in [3.05, 3.63) is 30.1 Å². The summed E-state index contributed by atoms with van der Waals surface area (Å²) in [5, 5.41) is 4.08. The molecule has 2 saturated carbocycles. The van der Waals surface area contributed by atoms with Gasteiger partial charge in [0.1, 0.15) is 0 Å². The summed E-state index contributed by atoms with van der Waals surface area (Å²) < 4.78 is 15.4. The standard InChI is InChI=1S/C23H32N10O.C17H19ClN8O/c1-14-11-32(12-15(2)27-14)23-28-18-20(31-5-7-34-8-6-31)29-19(17-9-25-22(24)26-10-17)30-21(18)33(23)13-16-3-4-16;18-16-22-12-14(25-3-5-27-6-4-25)23-13(11-7-20-17(19)21-8-11)24-15(12)26(16)9-10-1-2-10/h9-10,14-16,27H,3-8,11-13H2,1-2H3,(H2,24,25,26);7-8,10H,1-6,9H2,(H2,19,20,21)/t14-,15+;. The molecule has 0 aromatic carbocycles. The number of nitrogen functional groups attached to an aromatic ring is 2. The van der Waals surface area contributed by atoms with Gasteiger partial charge in [0.05, 0.1) is 37.6 Å². The molecule has 9 heterocycles. The Morgan fingerprint density at radius 1 is 0.607 bits per heavy atom. The number of nitrogens with zero attached hydrogens (tertiary/aromatic N) is 15. The van der Waals surface area contributed by atoms with Crippen LogP contribution in [0.2, 0.25) is 5.28 Å². The quantitative estimate of drug-likeness (QED) is 0.178. The second-order valence-electron chi connectivity index (χ2n) is 16.7. The number of anilines is 5. The average molecular weight is 851 g/mol. The number of imidazole rings is 2. The van der Waals surface area contributed by atoms with Crippen LogP contribution in [0.1, 0.15) is 39.5 Å². The molecule has 5 aliphatic rings. The highest BCUT2D eigenvalue weighted by Crippen LogP contribution is 2.38. The third kappa shape index (κ3) is 8.53. The van der Waals surface area contributed by atoms with Gasteiger partial charge in [-0.05, 0) is 63.0 Å². The Morgan fingerprint density at radius 3 is 1.52 bits per heavy atom. The summed E-state index contributed by atoms with van der Waals surface area (Å²) in [6.07, 6.45) is 11.6. The Kier molecular flexibility index (Phi) is 10.8. The van der Waals surface area contributed by atoms with E-state index in [1.807, 2.05) is 4.57 Å². The molecule has 0 bridgehead atoms. The van der Waals surface area contributed by atoms with Gasteiger partial charge in [-0.15, -0.1) is 0 Å². The van der Waals surface area contributed by atoms with E-state index in [1.165, 1.54) is 25.7 Å². The van der Waals surface area contributed by atoms with Crippen LogP contribution >= 0.6 is 11.6 Å². The average Bonchev–Trinajstić information content (AvgIpc) is 4.21. The fourth-order valence-electron chi connectivity index (χ4n) is 8.27. The second kappa shape index (κ2) is 16.7. The van der Waals surface area contributed by atoms with Crippen LogP contribution in [0.4, 0.5) is 29.5 Å². The van der Waals surface area contributed by atoms with Crippen molar-refractivity contribution in [3.8, 4) is 22.8 Å². The molecule has 0 amide bonds. The van der Waals surface area contributed by atoms with Crippen molar-refractivity contribution < 1.29 is 9.47 Å². The lowest BCUT2D eigenvalue weighted by Gasteiger charge is -2.36. The smallest absolute Gasteiger partial charge is 0.219 e. The molecule has 21 heteroatoms. The molecule has 6 aromatic rings. The van der Waals surface area contributed by atoms with E-state index >= 15 is 0 Å². The zero-order chi connectivity index (χ0) is 41.6. The first kappa shape index (κ1) is 39.6. The SMILES string of the molecule is C[C@@H]1CN(c2nc3c(N4CCOCC4)nc(-c4cnc(N)nc4)nc3n2CC2CC2)C[C@H](C)N1.Nc1ncc(-c2nc(N3CCOCC3)c3nc(Cl)n(CC4CC4)c3n2)cn1. The van der Waals surface area contributed by atoms with Gasteiger partial charge >= 0.3 is 0 Å². The largest absolute Gasteiger partial charge is 0.378 e. The molecule has 0 unspecified atom stereocenters. The molecule has 2 aliphatic carbocycles. The molecular weight excluding hydrogens is 800 g/mol. The Labute approximate surface area is 357 Å². The van der Waals surface area contributed by atoms with Gasteiger partial charge in [0, 0.05) is 89.2 Å². The highest BCUT2D eigenvalue weighted by Gasteiger charge is 2.32. The van der Waals surface area contributed by atoms with E-state index in [0.29, 0.717) is 72.8 Å². The zero-order valence-corrected chi connectivity index (χ0v) is 35.2. The van der Waals surface area contributed by atoms with Crippen LogP contribution in [-0.2, 0) is 22.6 Å². The summed E-state index contributed by atoms with van der Waals surface area (Å²) in [6, 6.07) is 0.787. The highest BCUT2D eigenvalue weighted by molar-refractivity contribution is 6.29. The number of nitrogens with one attached hydrogen (secondary N) is 1. The molecule has 6 aromatic heterocycles. The van der Waals surface area contributed by atoms with Crippen molar-refractivity contribution in [2.24, 2.45) is 11.8 Å². The van der Waals surface area contributed by atoms with Crippen LogP contribution in [0.3, 0.4) is 0 Å². The van der Waals surface area contributed by atoms with Gasteiger partial charge < -0.3 is 41.0 Å². The molecule has 0 radical (unpaired) electrons. The van der Waals surface area contributed by atoms with Gasteiger partial charge in [-0.1, -0.05) is 0 Å². The maximum Gasteiger partial charge on any atom is 0.219 e. The number of hydrogen-bond acceptors (Lipinski definition) is 18. The molecular formula is C40H51ClN18O2. The van der Waals surface area contributed by atoms with Crippen molar-refractivity contribution in [3.63, 3.8) is 0 Å².